The zero-order valence-electron chi connectivity index (χ0n) is 15.6. The van der Waals surface area contributed by atoms with E-state index in [1.807, 2.05) is 0 Å². The second-order valence-corrected chi connectivity index (χ2v) is 8.79. The van der Waals surface area contributed by atoms with Gasteiger partial charge in [-0.05, 0) is 55.7 Å². The number of hydrogen-bond donors (Lipinski definition) is 1. The van der Waals surface area contributed by atoms with Gasteiger partial charge in [0.05, 0.1) is 0 Å². The number of benzene rings is 2. The van der Waals surface area contributed by atoms with Crippen molar-refractivity contribution in [3.63, 3.8) is 0 Å². The van der Waals surface area contributed by atoms with E-state index in [2.05, 4.69) is 48.3 Å². The van der Waals surface area contributed by atoms with Crippen LogP contribution in [-0.2, 0) is 23.8 Å². The SMILES string of the molecule is C[S@@](=O)c1ccc(C(=O)NCC(C)(C)N2CCc3ccccc3C2)cc1. The summed E-state index contributed by atoms with van der Waals surface area (Å²) in [6, 6.07) is 15.5. The molecule has 0 fully saturated rings. The lowest BCUT2D eigenvalue weighted by molar-refractivity contribution is 0.0826. The van der Waals surface area contributed by atoms with E-state index in [0.717, 1.165) is 24.4 Å². The van der Waals surface area contributed by atoms with Crippen LogP contribution >= 0.6 is 0 Å². The summed E-state index contributed by atoms with van der Waals surface area (Å²) in [4.78, 5) is 15.6. The molecule has 1 heterocycles. The van der Waals surface area contributed by atoms with Gasteiger partial charge in [-0.2, -0.15) is 0 Å². The molecule has 0 aliphatic carbocycles. The van der Waals surface area contributed by atoms with Crippen LogP contribution in [0.1, 0.15) is 35.3 Å². The van der Waals surface area contributed by atoms with Gasteiger partial charge < -0.3 is 5.32 Å². The Morgan fingerprint density at radius 2 is 1.77 bits per heavy atom. The molecule has 5 heteroatoms. The van der Waals surface area contributed by atoms with Crippen LogP contribution in [0.3, 0.4) is 0 Å². The summed E-state index contributed by atoms with van der Waals surface area (Å²) in [5, 5.41) is 3.05. The second kappa shape index (κ2) is 7.72. The normalized spacial score (nSPS) is 16.0. The molecule has 0 saturated carbocycles. The number of nitrogens with one attached hydrogen (secondary N) is 1. The third kappa shape index (κ3) is 4.22. The number of carbonyl (C=O) groups excluding carboxylic acids is 1. The fourth-order valence-electron chi connectivity index (χ4n) is 3.32. The summed E-state index contributed by atoms with van der Waals surface area (Å²) in [7, 11) is -1.03. The van der Waals surface area contributed by atoms with Crippen molar-refractivity contribution in [2.24, 2.45) is 0 Å². The van der Waals surface area contributed by atoms with Crippen molar-refractivity contribution in [2.45, 2.75) is 37.2 Å². The summed E-state index contributed by atoms with van der Waals surface area (Å²) < 4.78 is 11.5. The van der Waals surface area contributed by atoms with Crippen molar-refractivity contribution in [3.8, 4) is 0 Å². The zero-order valence-corrected chi connectivity index (χ0v) is 16.4. The molecule has 26 heavy (non-hydrogen) atoms. The molecule has 1 N–H and O–H groups in total. The quantitative estimate of drug-likeness (QED) is 0.880. The van der Waals surface area contributed by atoms with Gasteiger partial charge in [0.1, 0.15) is 0 Å². The van der Waals surface area contributed by atoms with Crippen LogP contribution in [-0.4, -0.2) is 39.9 Å². The van der Waals surface area contributed by atoms with E-state index in [9.17, 15) is 9.00 Å². The highest BCUT2D eigenvalue weighted by Crippen LogP contribution is 2.25. The van der Waals surface area contributed by atoms with Crippen LogP contribution in [0.4, 0.5) is 0 Å². The van der Waals surface area contributed by atoms with Gasteiger partial charge in [-0.1, -0.05) is 24.3 Å². The van der Waals surface area contributed by atoms with E-state index < -0.39 is 10.8 Å². The molecule has 138 valence electrons. The van der Waals surface area contributed by atoms with Crippen molar-refractivity contribution >= 4 is 16.7 Å². The lowest BCUT2D eigenvalue weighted by atomic mass is 9.94. The predicted molar refractivity (Wildman–Crippen MR) is 106 cm³/mol. The maximum absolute atomic E-state index is 12.4. The second-order valence-electron chi connectivity index (χ2n) is 7.41. The maximum Gasteiger partial charge on any atom is 0.251 e. The van der Waals surface area contributed by atoms with Crippen molar-refractivity contribution in [3.05, 3.63) is 65.2 Å². The topological polar surface area (TPSA) is 49.4 Å². The largest absolute Gasteiger partial charge is 0.350 e. The zero-order chi connectivity index (χ0) is 18.7. The third-order valence-corrected chi connectivity index (χ3v) is 6.05. The number of fused-ring (bicyclic) bond motifs is 1. The number of carbonyl (C=O) groups is 1. The molecule has 0 saturated heterocycles. The van der Waals surface area contributed by atoms with Gasteiger partial charge in [0.2, 0.25) is 0 Å². The molecule has 0 bridgehead atoms. The molecular formula is C21H26N2O2S. The Morgan fingerprint density at radius 1 is 1.12 bits per heavy atom. The molecule has 0 spiro atoms. The van der Waals surface area contributed by atoms with Crippen LogP contribution in [0.15, 0.2) is 53.4 Å². The van der Waals surface area contributed by atoms with Crippen LogP contribution in [0.25, 0.3) is 0 Å². The fraction of sp³-hybridized carbons (Fsp3) is 0.381. The Hall–Kier alpha value is -1.98. The molecule has 2 aromatic carbocycles. The van der Waals surface area contributed by atoms with Gasteiger partial charge in [-0.3, -0.25) is 13.9 Å². The average molecular weight is 371 g/mol. The van der Waals surface area contributed by atoms with E-state index in [1.165, 1.54) is 11.1 Å². The Balaban J connectivity index is 1.61. The van der Waals surface area contributed by atoms with E-state index in [0.29, 0.717) is 12.1 Å². The molecule has 1 amide bonds. The average Bonchev–Trinajstić information content (AvgIpc) is 2.65. The summed E-state index contributed by atoms with van der Waals surface area (Å²) >= 11 is 0. The first-order valence-electron chi connectivity index (χ1n) is 8.90. The van der Waals surface area contributed by atoms with Crippen molar-refractivity contribution in [2.75, 3.05) is 19.3 Å². The highest BCUT2D eigenvalue weighted by Gasteiger charge is 2.30. The monoisotopic (exact) mass is 370 g/mol. The first-order chi connectivity index (χ1) is 12.4. The Kier molecular flexibility index (Phi) is 5.58. The van der Waals surface area contributed by atoms with Gasteiger partial charge in [-0.25, -0.2) is 0 Å². The minimum atomic E-state index is -1.03. The molecule has 1 atom stereocenters. The molecule has 4 nitrogen and oxygen atoms in total. The van der Waals surface area contributed by atoms with E-state index >= 15 is 0 Å². The first-order valence-corrected chi connectivity index (χ1v) is 10.5. The Labute approximate surface area is 158 Å². The number of amides is 1. The van der Waals surface area contributed by atoms with E-state index in [1.54, 1.807) is 30.5 Å². The fourth-order valence-corrected chi connectivity index (χ4v) is 3.84. The first kappa shape index (κ1) is 18.8. The highest BCUT2D eigenvalue weighted by atomic mass is 32.2. The van der Waals surface area contributed by atoms with Crippen LogP contribution in [0.5, 0.6) is 0 Å². The summed E-state index contributed by atoms with van der Waals surface area (Å²) in [5.74, 6) is -0.0936. The highest BCUT2D eigenvalue weighted by molar-refractivity contribution is 7.84. The van der Waals surface area contributed by atoms with Gasteiger partial charge in [-0.15, -0.1) is 0 Å². The lowest BCUT2D eigenvalue weighted by Crippen LogP contribution is -2.53. The lowest BCUT2D eigenvalue weighted by Gasteiger charge is -2.41. The number of nitrogens with zero attached hydrogens (tertiary/aromatic N) is 1. The molecule has 1 aliphatic heterocycles. The summed E-state index contributed by atoms with van der Waals surface area (Å²) in [6.45, 7) is 6.83. The predicted octanol–water partition coefficient (Wildman–Crippen LogP) is 2.99. The van der Waals surface area contributed by atoms with Crippen LogP contribution < -0.4 is 5.32 Å². The summed E-state index contributed by atoms with van der Waals surface area (Å²) in [6.07, 6.45) is 2.68. The molecule has 2 aromatic rings. The summed E-state index contributed by atoms with van der Waals surface area (Å²) in [5.41, 5.74) is 3.27. The number of rotatable bonds is 5. The number of hydrogen-bond acceptors (Lipinski definition) is 3. The van der Waals surface area contributed by atoms with Gasteiger partial charge >= 0.3 is 0 Å². The van der Waals surface area contributed by atoms with Gasteiger partial charge in [0.15, 0.2) is 0 Å². The van der Waals surface area contributed by atoms with Gasteiger partial charge in [0, 0.05) is 52.7 Å². The molecule has 0 unspecified atom stereocenters. The minimum Gasteiger partial charge on any atom is -0.350 e. The van der Waals surface area contributed by atoms with Crippen molar-refractivity contribution in [1.29, 1.82) is 0 Å². The Bertz CT molecular complexity index is 815. The van der Waals surface area contributed by atoms with E-state index in [-0.39, 0.29) is 11.4 Å². The maximum atomic E-state index is 12.4. The van der Waals surface area contributed by atoms with Gasteiger partial charge in [0.25, 0.3) is 5.91 Å². The molecule has 0 radical (unpaired) electrons. The minimum absolute atomic E-state index is 0.0936. The van der Waals surface area contributed by atoms with Crippen molar-refractivity contribution in [1.82, 2.24) is 10.2 Å². The smallest absolute Gasteiger partial charge is 0.251 e. The molecule has 1 aliphatic rings. The van der Waals surface area contributed by atoms with Crippen LogP contribution in [0, 0.1) is 0 Å². The molecule has 0 aromatic heterocycles. The molecule has 3 rings (SSSR count). The van der Waals surface area contributed by atoms with Crippen LogP contribution in [0.2, 0.25) is 0 Å². The van der Waals surface area contributed by atoms with Crippen molar-refractivity contribution < 1.29 is 9.00 Å². The standard InChI is InChI=1S/C21H26N2O2S/c1-21(2,23-13-12-16-6-4-5-7-18(16)14-23)15-22-20(24)17-8-10-19(11-9-17)26(3)25/h4-11H,12-15H2,1-3H3,(H,22,24)/t26-/m1/s1. The van der Waals surface area contributed by atoms with E-state index in [4.69, 9.17) is 0 Å². The molecular weight excluding hydrogens is 344 g/mol. The Morgan fingerprint density at radius 3 is 2.42 bits per heavy atom. The third-order valence-electron chi connectivity index (χ3n) is 5.12.